The molecule has 0 aromatic heterocycles. The van der Waals surface area contributed by atoms with Gasteiger partial charge in [0.05, 0.1) is 39.9 Å². The monoisotopic (exact) mass is 1290 g/mol. The molecule has 0 heterocycles. The minimum absolute atomic E-state index is 0.00863. The van der Waals surface area contributed by atoms with Crippen molar-refractivity contribution >= 4 is 13.7 Å². The molecule has 0 saturated carbocycles. The highest BCUT2D eigenvalue weighted by atomic mass is 31.2. The van der Waals surface area contributed by atoms with Gasteiger partial charge in [-0.2, -0.15) is 0 Å². The second-order valence-corrected chi connectivity index (χ2v) is 28.7. The molecule has 0 aromatic rings. The molecule has 3 unspecified atom stereocenters. The molecule has 0 spiro atoms. The molecule has 528 valence electrons. The normalized spacial score (nSPS) is 14.1. The Kier molecular flexibility index (Phi) is 69.2. The van der Waals surface area contributed by atoms with Crippen LogP contribution in [0.15, 0.2) is 109 Å². The van der Waals surface area contributed by atoms with Crippen LogP contribution in [0.2, 0.25) is 0 Å². The van der Waals surface area contributed by atoms with E-state index in [9.17, 15) is 19.4 Å². The first-order valence-corrected chi connectivity index (χ1v) is 40.2. The van der Waals surface area contributed by atoms with Crippen LogP contribution in [-0.4, -0.2) is 68.5 Å². The van der Waals surface area contributed by atoms with Crippen LogP contribution in [-0.2, 0) is 18.4 Å². The highest BCUT2D eigenvalue weighted by Gasteiger charge is 2.23. The molecule has 0 aromatic carbocycles. The van der Waals surface area contributed by atoms with Crippen molar-refractivity contribution in [2.75, 3.05) is 40.9 Å². The summed E-state index contributed by atoms with van der Waals surface area (Å²) in [6.45, 7) is 4.55. The number of allylic oxidation sites excluding steroid dienone is 17. The number of carbonyl (C=O) groups is 1. The molecule has 1 amide bonds. The van der Waals surface area contributed by atoms with Crippen molar-refractivity contribution in [2.45, 2.75) is 366 Å². The predicted octanol–water partition coefficient (Wildman–Crippen LogP) is 24.8. The summed E-state index contributed by atoms with van der Waals surface area (Å²) in [5, 5.41) is 14.0. The first-order chi connectivity index (χ1) is 44.5. The molecule has 2 N–H and O–H groups in total. The maximum atomic E-state index is 13.1. The maximum absolute atomic E-state index is 13.1. The Labute approximate surface area is 565 Å². The van der Waals surface area contributed by atoms with E-state index in [1.807, 2.05) is 27.2 Å². The fourth-order valence-corrected chi connectivity index (χ4v) is 12.0. The summed E-state index contributed by atoms with van der Waals surface area (Å²) in [5.41, 5.74) is 0. The van der Waals surface area contributed by atoms with Gasteiger partial charge >= 0.3 is 0 Å². The van der Waals surface area contributed by atoms with Gasteiger partial charge < -0.3 is 28.8 Å². The Hall–Kier alpha value is -2.84. The number of carbonyl (C=O) groups excluding carboxylic acids is 1. The molecule has 0 rings (SSSR count). The number of aliphatic hydroxyl groups is 1. The van der Waals surface area contributed by atoms with Gasteiger partial charge in [-0.25, -0.2) is 0 Å². The predicted molar refractivity (Wildman–Crippen MR) is 399 cm³/mol. The van der Waals surface area contributed by atoms with Crippen LogP contribution in [0.1, 0.15) is 354 Å². The lowest BCUT2D eigenvalue weighted by Crippen LogP contribution is -2.45. The van der Waals surface area contributed by atoms with Crippen molar-refractivity contribution in [3.05, 3.63) is 109 Å². The summed E-state index contributed by atoms with van der Waals surface area (Å²) in [6.07, 6.45) is 105. The van der Waals surface area contributed by atoms with Crippen LogP contribution >= 0.6 is 7.82 Å². The van der Waals surface area contributed by atoms with E-state index in [0.717, 1.165) is 83.5 Å². The number of hydrogen-bond donors (Lipinski definition) is 2. The van der Waals surface area contributed by atoms with E-state index >= 15 is 0 Å². The van der Waals surface area contributed by atoms with Gasteiger partial charge in [0.25, 0.3) is 7.82 Å². The summed E-state index contributed by atoms with van der Waals surface area (Å²) in [7, 11) is 1.25. The van der Waals surface area contributed by atoms with E-state index < -0.39 is 26.6 Å². The molecule has 0 aliphatic carbocycles. The SMILES string of the molecule is CC/C=C\C/C=C\C/C=C\C/C=C\C/C=C\C/C=C\C/C=C\CCCCCCCCCCCCCCCCCCCC(=O)NC(COP(=O)([O-])OCC[N+](C)(C)C)C(O)/C=C/CC/C=C/CCCCCCCCCCCCCCCCCCCCCCCCCC. The van der Waals surface area contributed by atoms with Gasteiger partial charge in [0.1, 0.15) is 13.2 Å². The Morgan fingerprint density at radius 1 is 0.396 bits per heavy atom. The van der Waals surface area contributed by atoms with Crippen LogP contribution in [0.25, 0.3) is 0 Å². The van der Waals surface area contributed by atoms with Gasteiger partial charge in [0, 0.05) is 6.42 Å². The van der Waals surface area contributed by atoms with Crippen molar-refractivity contribution < 1.29 is 32.9 Å². The zero-order valence-corrected chi connectivity index (χ0v) is 61.4. The van der Waals surface area contributed by atoms with Gasteiger partial charge in [-0.3, -0.25) is 9.36 Å². The smallest absolute Gasteiger partial charge is 0.268 e. The number of phosphoric ester groups is 1. The summed E-state index contributed by atoms with van der Waals surface area (Å²) >= 11 is 0. The molecular weight excluding hydrogens is 1140 g/mol. The molecule has 91 heavy (non-hydrogen) atoms. The number of phosphoric acid groups is 1. The first kappa shape index (κ1) is 88.2. The van der Waals surface area contributed by atoms with Crippen LogP contribution in [0, 0.1) is 0 Å². The van der Waals surface area contributed by atoms with Gasteiger partial charge in [-0.1, -0.05) is 367 Å². The Balaban J connectivity index is 4.04. The van der Waals surface area contributed by atoms with Gasteiger partial charge in [-0.05, 0) is 89.9 Å². The summed E-state index contributed by atoms with van der Waals surface area (Å²) in [6, 6.07) is -0.910. The number of nitrogens with one attached hydrogen (secondary N) is 1. The number of hydrogen-bond acceptors (Lipinski definition) is 6. The third-order valence-corrected chi connectivity index (χ3v) is 18.2. The second kappa shape index (κ2) is 71.5. The van der Waals surface area contributed by atoms with E-state index in [1.165, 1.54) is 250 Å². The number of nitrogens with zero attached hydrogens (tertiary/aromatic N) is 1. The molecule has 0 radical (unpaired) electrons. The minimum Gasteiger partial charge on any atom is -0.756 e. The van der Waals surface area contributed by atoms with E-state index in [-0.39, 0.29) is 12.5 Å². The topological polar surface area (TPSA) is 108 Å². The second-order valence-electron chi connectivity index (χ2n) is 27.3. The minimum atomic E-state index is -4.62. The van der Waals surface area contributed by atoms with Crippen LogP contribution in [0.5, 0.6) is 0 Å². The number of rotatable bonds is 71. The molecule has 8 nitrogen and oxygen atoms in total. The average molecular weight is 1290 g/mol. The molecule has 0 aliphatic heterocycles. The molecule has 3 atom stereocenters. The maximum Gasteiger partial charge on any atom is 0.268 e. The zero-order valence-electron chi connectivity index (χ0n) is 60.5. The van der Waals surface area contributed by atoms with E-state index in [2.05, 4.69) is 116 Å². The van der Waals surface area contributed by atoms with Crippen molar-refractivity contribution in [3.8, 4) is 0 Å². The molecule has 0 fully saturated rings. The van der Waals surface area contributed by atoms with Crippen molar-refractivity contribution in [3.63, 3.8) is 0 Å². The number of unbranched alkanes of at least 4 members (excludes halogenated alkanes) is 42. The quantitative estimate of drug-likeness (QED) is 0.0272. The largest absolute Gasteiger partial charge is 0.756 e. The molecular formula is C82H149N2O6P. The lowest BCUT2D eigenvalue weighted by Gasteiger charge is -2.29. The van der Waals surface area contributed by atoms with Crippen molar-refractivity contribution in [2.24, 2.45) is 0 Å². The Morgan fingerprint density at radius 3 is 1.02 bits per heavy atom. The lowest BCUT2D eigenvalue weighted by atomic mass is 10.0. The molecule has 0 bridgehead atoms. The average Bonchev–Trinajstić information content (AvgIpc) is 3.58. The van der Waals surface area contributed by atoms with Gasteiger partial charge in [0.15, 0.2) is 0 Å². The zero-order chi connectivity index (χ0) is 66.2. The number of likely N-dealkylation sites (N-methyl/N-ethyl adjacent to an activating group) is 1. The van der Waals surface area contributed by atoms with Crippen LogP contribution in [0.3, 0.4) is 0 Å². The third-order valence-electron chi connectivity index (χ3n) is 17.2. The van der Waals surface area contributed by atoms with Crippen LogP contribution < -0.4 is 10.2 Å². The number of quaternary nitrogens is 1. The van der Waals surface area contributed by atoms with E-state index in [4.69, 9.17) is 9.05 Å². The fourth-order valence-electron chi connectivity index (χ4n) is 11.3. The lowest BCUT2D eigenvalue weighted by molar-refractivity contribution is -0.870. The van der Waals surface area contributed by atoms with Crippen molar-refractivity contribution in [1.82, 2.24) is 5.32 Å². The number of amides is 1. The Bertz CT molecular complexity index is 1860. The molecule has 0 saturated heterocycles. The van der Waals surface area contributed by atoms with E-state index in [1.54, 1.807) is 6.08 Å². The highest BCUT2D eigenvalue weighted by Crippen LogP contribution is 2.38. The summed E-state index contributed by atoms with van der Waals surface area (Å²) < 4.78 is 23.5. The van der Waals surface area contributed by atoms with E-state index in [0.29, 0.717) is 17.4 Å². The summed E-state index contributed by atoms with van der Waals surface area (Å²) in [5.74, 6) is -0.205. The number of aliphatic hydroxyl groups excluding tert-OH is 1. The standard InChI is InChI=1S/C82H149N2O6P/c1-6-8-10-12-14-16-18-20-22-24-26-28-30-32-34-36-38-39-40-41-42-43-44-45-46-48-50-52-54-56-58-60-62-64-66-68-70-72-74-76-82(86)83-80(79-90-91(87,88)89-78-77-84(3,4)5)81(85)75-73-71-69-67-65-63-61-59-57-55-53-51-49-47-37-35-33-31-29-27-25-23-21-19-17-15-13-11-9-7-2/h8,10,14,16,20,22,26,28,32,34,38-39,41-42,65,67,73,75,80-81,85H,6-7,9,11-13,15,17-19,21,23-25,27,29-31,33,35-37,40,43-64,66,68-72,74,76-79H2,1-5H3,(H-,83,86,87,88)/b10-8-,16-14-,22-20-,28-26-,34-32-,39-38-,42-41-,67-65+,75-73+. The van der Waals surface area contributed by atoms with Gasteiger partial charge in [0.2, 0.25) is 5.91 Å². The van der Waals surface area contributed by atoms with Gasteiger partial charge in [-0.15, -0.1) is 0 Å². The fraction of sp³-hybridized carbons (Fsp3) is 0.768. The highest BCUT2D eigenvalue weighted by molar-refractivity contribution is 7.45. The first-order valence-electron chi connectivity index (χ1n) is 38.7. The van der Waals surface area contributed by atoms with Crippen LogP contribution in [0.4, 0.5) is 0 Å². The summed E-state index contributed by atoms with van der Waals surface area (Å²) in [4.78, 5) is 25.7. The molecule has 9 heteroatoms. The molecule has 0 aliphatic rings. The third kappa shape index (κ3) is 74.4. The van der Waals surface area contributed by atoms with Crippen molar-refractivity contribution in [1.29, 1.82) is 0 Å². The Morgan fingerprint density at radius 2 is 0.681 bits per heavy atom.